The highest BCUT2D eigenvalue weighted by atomic mass is 16.5. The Labute approximate surface area is 202 Å². The molecule has 0 spiro atoms. The number of aliphatic hydroxyl groups is 1. The fourth-order valence-electron chi connectivity index (χ4n) is 4.27. The lowest BCUT2D eigenvalue weighted by atomic mass is 9.98. The molecule has 0 aliphatic heterocycles. The van der Waals surface area contributed by atoms with Gasteiger partial charge in [0.05, 0.1) is 18.1 Å². The fourth-order valence-corrected chi connectivity index (χ4v) is 4.27. The van der Waals surface area contributed by atoms with Crippen LogP contribution in [0.4, 0.5) is 10.5 Å². The summed E-state index contributed by atoms with van der Waals surface area (Å²) in [5.41, 5.74) is 5.63. The smallest absolute Gasteiger partial charge is 0.407 e. The zero-order valence-corrected chi connectivity index (χ0v) is 19.2. The highest BCUT2D eigenvalue weighted by molar-refractivity contribution is 5.93. The monoisotopic (exact) mass is 474 g/mol. The first kappa shape index (κ1) is 24.0. The van der Waals surface area contributed by atoms with Gasteiger partial charge in [0, 0.05) is 18.2 Å². The summed E-state index contributed by atoms with van der Waals surface area (Å²) in [6, 6.07) is 20.4. The summed E-state index contributed by atoms with van der Waals surface area (Å²) in [5.74, 6) is -1.58. The minimum Gasteiger partial charge on any atom is -0.478 e. The normalized spacial score (nSPS) is 12.9. The highest BCUT2D eigenvalue weighted by Crippen LogP contribution is 2.44. The van der Waals surface area contributed by atoms with Gasteiger partial charge in [-0.1, -0.05) is 48.5 Å². The van der Waals surface area contributed by atoms with Gasteiger partial charge >= 0.3 is 12.1 Å². The van der Waals surface area contributed by atoms with Crippen LogP contribution in [0.1, 0.15) is 39.4 Å². The van der Waals surface area contributed by atoms with Crippen molar-refractivity contribution in [1.82, 2.24) is 5.32 Å². The van der Waals surface area contributed by atoms with Gasteiger partial charge in [-0.2, -0.15) is 0 Å². The third kappa shape index (κ3) is 5.50. The van der Waals surface area contributed by atoms with Crippen molar-refractivity contribution >= 4 is 23.7 Å². The number of fused-ring (bicyclic) bond motifs is 3. The van der Waals surface area contributed by atoms with E-state index in [2.05, 4.69) is 22.8 Å². The summed E-state index contributed by atoms with van der Waals surface area (Å²) in [6.45, 7) is 1.68. The van der Waals surface area contributed by atoms with Crippen LogP contribution in [0, 0.1) is 6.92 Å². The average molecular weight is 475 g/mol. The summed E-state index contributed by atoms with van der Waals surface area (Å²) in [7, 11) is 0. The fraction of sp³-hybridized carbons (Fsp3) is 0.222. The molecule has 1 atom stereocenters. The Morgan fingerprint density at radius 1 is 0.971 bits per heavy atom. The third-order valence-corrected chi connectivity index (χ3v) is 5.99. The van der Waals surface area contributed by atoms with Gasteiger partial charge in [-0.15, -0.1) is 0 Å². The Kier molecular flexibility index (Phi) is 7.12. The molecule has 180 valence electrons. The number of carboxylic acid groups (broad SMARTS) is 1. The summed E-state index contributed by atoms with van der Waals surface area (Å²) in [4.78, 5) is 35.5. The molecule has 35 heavy (non-hydrogen) atoms. The van der Waals surface area contributed by atoms with Crippen LogP contribution in [0.2, 0.25) is 0 Å². The zero-order valence-electron chi connectivity index (χ0n) is 19.2. The van der Waals surface area contributed by atoms with Crippen molar-refractivity contribution in [2.24, 2.45) is 0 Å². The first-order valence-corrected chi connectivity index (χ1v) is 11.2. The van der Waals surface area contributed by atoms with Crippen LogP contribution in [-0.2, 0) is 9.53 Å². The SMILES string of the molecule is Cc1cc(C(=O)O)ccc1NC(=O)CC(O)CNC(=O)OCC1c2ccccc2-c2ccccc21. The largest absolute Gasteiger partial charge is 0.478 e. The quantitative estimate of drug-likeness (QED) is 0.392. The maximum Gasteiger partial charge on any atom is 0.407 e. The molecule has 0 saturated heterocycles. The molecule has 1 aliphatic rings. The third-order valence-electron chi connectivity index (χ3n) is 5.99. The van der Waals surface area contributed by atoms with Crippen molar-refractivity contribution in [2.75, 3.05) is 18.5 Å². The van der Waals surface area contributed by atoms with Crippen LogP contribution < -0.4 is 10.6 Å². The van der Waals surface area contributed by atoms with Gasteiger partial charge in [0.1, 0.15) is 6.61 Å². The van der Waals surface area contributed by atoms with Gasteiger partial charge < -0.3 is 25.6 Å². The summed E-state index contributed by atoms with van der Waals surface area (Å²) in [5, 5.41) is 24.3. The Hall–Kier alpha value is -4.17. The van der Waals surface area contributed by atoms with E-state index in [0.717, 1.165) is 22.3 Å². The van der Waals surface area contributed by atoms with Crippen LogP contribution in [0.15, 0.2) is 66.7 Å². The van der Waals surface area contributed by atoms with Crippen LogP contribution in [-0.4, -0.2) is 47.4 Å². The van der Waals surface area contributed by atoms with Gasteiger partial charge in [0.2, 0.25) is 5.91 Å². The van der Waals surface area contributed by atoms with E-state index in [1.54, 1.807) is 6.92 Å². The van der Waals surface area contributed by atoms with Crippen molar-refractivity contribution in [2.45, 2.75) is 25.4 Å². The number of aryl methyl sites for hydroxylation is 1. The molecule has 3 aromatic carbocycles. The summed E-state index contributed by atoms with van der Waals surface area (Å²) in [6.07, 6.45) is -2.04. The number of ether oxygens (including phenoxy) is 1. The molecule has 0 heterocycles. The Bertz CT molecular complexity index is 1230. The Morgan fingerprint density at radius 3 is 2.20 bits per heavy atom. The number of anilines is 1. The molecule has 4 N–H and O–H groups in total. The van der Waals surface area contributed by atoms with Crippen molar-refractivity contribution < 1.29 is 29.3 Å². The molecule has 1 unspecified atom stereocenters. The predicted molar refractivity (Wildman–Crippen MR) is 130 cm³/mol. The van der Waals surface area contributed by atoms with Crippen LogP contribution in [0.3, 0.4) is 0 Å². The van der Waals surface area contributed by atoms with Crippen molar-refractivity contribution in [3.63, 3.8) is 0 Å². The van der Waals surface area contributed by atoms with E-state index in [1.165, 1.54) is 18.2 Å². The maximum absolute atomic E-state index is 12.2. The second-order valence-corrected chi connectivity index (χ2v) is 8.45. The van der Waals surface area contributed by atoms with Crippen molar-refractivity contribution in [3.8, 4) is 11.1 Å². The number of nitrogens with one attached hydrogen (secondary N) is 2. The number of aromatic carboxylic acids is 1. The number of amides is 2. The van der Waals surface area contributed by atoms with E-state index in [9.17, 15) is 19.5 Å². The summed E-state index contributed by atoms with van der Waals surface area (Å²) < 4.78 is 5.43. The molecule has 1 aliphatic carbocycles. The highest BCUT2D eigenvalue weighted by Gasteiger charge is 2.29. The molecule has 8 nitrogen and oxygen atoms in total. The molecular formula is C27H26N2O6. The standard InChI is InChI=1S/C27H26N2O6/c1-16-12-17(26(32)33)10-11-24(16)29-25(31)13-18(30)14-28-27(34)35-15-23-21-8-4-2-6-19(21)20-7-3-5-9-22(20)23/h2-12,18,23,30H,13-15H2,1H3,(H,28,34)(H,29,31)(H,32,33). The molecule has 0 fully saturated rings. The minimum absolute atomic E-state index is 0.0698. The number of rotatable bonds is 8. The average Bonchev–Trinajstić information content (AvgIpc) is 3.16. The van der Waals surface area contributed by atoms with E-state index in [4.69, 9.17) is 9.84 Å². The first-order valence-electron chi connectivity index (χ1n) is 11.2. The molecule has 0 aromatic heterocycles. The number of carbonyl (C=O) groups excluding carboxylic acids is 2. The van der Waals surface area contributed by atoms with E-state index in [0.29, 0.717) is 11.3 Å². The lowest BCUT2D eigenvalue weighted by Crippen LogP contribution is -2.35. The summed E-state index contributed by atoms with van der Waals surface area (Å²) >= 11 is 0. The van der Waals surface area contributed by atoms with E-state index >= 15 is 0 Å². The molecule has 0 bridgehead atoms. The Morgan fingerprint density at radius 2 is 1.60 bits per heavy atom. The molecule has 8 heteroatoms. The van der Waals surface area contributed by atoms with Crippen LogP contribution in [0.25, 0.3) is 11.1 Å². The molecule has 3 aromatic rings. The molecule has 4 rings (SSSR count). The molecule has 0 saturated carbocycles. The van der Waals surface area contributed by atoms with E-state index < -0.39 is 24.1 Å². The number of carbonyl (C=O) groups is 3. The van der Waals surface area contributed by atoms with Gasteiger partial charge in [0.25, 0.3) is 0 Å². The number of alkyl carbamates (subject to hydrolysis) is 1. The molecule has 0 radical (unpaired) electrons. The second-order valence-electron chi connectivity index (χ2n) is 8.45. The lowest BCUT2D eigenvalue weighted by molar-refractivity contribution is -0.118. The minimum atomic E-state index is -1.12. The lowest BCUT2D eigenvalue weighted by Gasteiger charge is -2.16. The molecular weight excluding hydrogens is 448 g/mol. The molecule has 2 amide bonds. The van der Waals surface area contributed by atoms with Crippen molar-refractivity contribution in [1.29, 1.82) is 0 Å². The van der Waals surface area contributed by atoms with E-state index in [1.807, 2.05) is 36.4 Å². The van der Waals surface area contributed by atoms with Gasteiger partial charge in [-0.05, 0) is 52.9 Å². The van der Waals surface area contributed by atoms with E-state index in [-0.39, 0.29) is 31.1 Å². The number of benzene rings is 3. The van der Waals surface area contributed by atoms with Gasteiger partial charge in [-0.25, -0.2) is 9.59 Å². The number of carboxylic acids is 1. The Balaban J connectivity index is 1.25. The van der Waals surface area contributed by atoms with Crippen LogP contribution in [0.5, 0.6) is 0 Å². The number of aliphatic hydroxyl groups excluding tert-OH is 1. The topological polar surface area (TPSA) is 125 Å². The van der Waals surface area contributed by atoms with Gasteiger partial charge in [-0.3, -0.25) is 4.79 Å². The number of hydrogen-bond donors (Lipinski definition) is 4. The second kappa shape index (κ2) is 10.4. The van der Waals surface area contributed by atoms with Crippen LogP contribution >= 0.6 is 0 Å². The number of hydrogen-bond acceptors (Lipinski definition) is 5. The predicted octanol–water partition coefficient (Wildman–Crippen LogP) is 3.92. The van der Waals surface area contributed by atoms with Crippen molar-refractivity contribution in [3.05, 3.63) is 89.0 Å². The van der Waals surface area contributed by atoms with Gasteiger partial charge in [0.15, 0.2) is 0 Å². The maximum atomic E-state index is 12.2. The zero-order chi connectivity index (χ0) is 24.9. The first-order chi connectivity index (χ1) is 16.8.